The number of aromatic nitrogens is 1. The highest BCUT2D eigenvalue weighted by Gasteiger charge is 2.17. The minimum absolute atomic E-state index is 0.103. The van der Waals surface area contributed by atoms with Crippen LogP contribution in [0.15, 0.2) is 34.9 Å². The lowest BCUT2D eigenvalue weighted by Gasteiger charge is -2.10. The summed E-state index contributed by atoms with van der Waals surface area (Å²) >= 11 is 0. The molecule has 0 saturated carbocycles. The molecule has 6 heteroatoms. The van der Waals surface area contributed by atoms with Crippen molar-refractivity contribution in [3.05, 3.63) is 41.8 Å². The van der Waals surface area contributed by atoms with E-state index in [-0.39, 0.29) is 29.0 Å². The number of rotatable bonds is 5. The first-order chi connectivity index (χ1) is 9.61. The zero-order chi connectivity index (χ0) is 14.5. The van der Waals surface area contributed by atoms with Crippen molar-refractivity contribution in [3.8, 4) is 11.3 Å². The van der Waals surface area contributed by atoms with Crippen LogP contribution >= 0.6 is 0 Å². The molecule has 2 rings (SSSR count). The van der Waals surface area contributed by atoms with Crippen molar-refractivity contribution in [2.45, 2.75) is 13.0 Å². The fourth-order valence-corrected chi connectivity index (χ4v) is 1.76. The minimum Gasteiger partial charge on any atom is -0.383 e. The van der Waals surface area contributed by atoms with Gasteiger partial charge >= 0.3 is 0 Å². The van der Waals surface area contributed by atoms with Gasteiger partial charge in [-0.05, 0) is 19.1 Å². The van der Waals surface area contributed by atoms with Crippen molar-refractivity contribution < 1.29 is 18.4 Å². The molecule has 5 nitrogen and oxygen atoms in total. The van der Waals surface area contributed by atoms with Gasteiger partial charge in [-0.25, -0.2) is 4.39 Å². The van der Waals surface area contributed by atoms with E-state index >= 15 is 0 Å². The topological polar surface area (TPSA) is 64.4 Å². The molecule has 0 aliphatic heterocycles. The highest BCUT2D eigenvalue weighted by molar-refractivity contribution is 5.93. The molecule has 106 valence electrons. The van der Waals surface area contributed by atoms with Crippen molar-refractivity contribution in [2.24, 2.45) is 0 Å². The molecule has 1 heterocycles. The van der Waals surface area contributed by atoms with Crippen LogP contribution in [-0.2, 0) is 4.74 Å². The molecule has 1 atom stereocenters. The standard InChI is InChI=1S/C14H15FN2O3/c1-9(8-19-2)16-14(18)12-7-13(20-17-12)10-5-3-4-6-11(10)15/h3-7,9H,8H2,1-2H3,(H,16,18)/t9-/m0/s1. The van der Waals surface area contributed by atoms with E-state index < -0.39 is 5.82 Å². The van der Waals surface area contributed by atoms with Crippen LogP contribution in [0.2, 0.25) is 0 Å². The molecule has 1 N–H and O–H groups in total. The van der Waals surface area contributed by atoms with Gasteiger partial charge in [0.2, 0.25) is 0 Å². The number of carbonyl (C=O) groups is 1. The Morgan fingerprint density at radius 3 is 2.95 bits per heavy atom. The number of carbonyl (C=O) groups excluding carboxylic acids is 1. The molecule has 0 fully saturated rings. The molecular formula is C14H15FN2O3. The Hall–Kier alpha value is -2.21. The normalized spacial score (nSPS) is 12.2. The first-order valence-corrected chi connectivity index (χ1v) is 6.13. The number of hydrogen-bond donors (Lipinski definition) is 1. The summed E-state index contributed by atoms with van der Waals surface area (Å²) < 4.78 is 23.5. The van der Waals surface area contributed by atoms with Gasteiger partial charge < -0.3 is 14.6 Å². The van der Waals surface area contributed by atoms with E-state index in [2.05, 4.69) is 10.5 Å². The quantitative estimate of drug-likeness (QED) is 0.911. The van der Waals surface area contributed by atoms with E-state index in [1.54, 1.807) is 32.2 Å². The fraction of sp³-hybridized carbons (Fsp3) is 0.286. The fourth-order valence-electron chi connectivity index (χ4n) is 1.76. The van der Waals surface area contributed by atoms with Crippen molar-refractivity contribution in [1.82, 2.24) is 10.5 Å². The number of benzene rings is 1. The van der Waals surface area contributed by atoms with E-state index in [1.807, 2.05) is 0 Å². The molecule has 2 aromatic rings. The highest BCUT2D eigenvalue weighted by Crippen LogP contribution is 2.23. The number of methoxy groups -OCH3 is 1. The van der Waals surface area contributed by atoms with Gasteiger partial charge in [0.15, 0.2) is 11.5 Å². The number of amides is 1. The number of hydrogen-bond acceptors (Lipinski definition) is 4. The second-order valence-electron chi connectivity index (χ2n) is 4.39. The summed E-state index contributed by atoms with van der Waals surface area (Å²) in [5, 5.41) is 6.35. The molecule has 1 amide bonds. The molecule has 0 unspecified atom stereocenters. The van der Waals surface area contributed by atoms with Gasteiger partial charge in [-0.1, -0.05) is 17.3 Å². The summed E-state index contributed by atoms with van der Waals surface area (Å²) in [6.45, 7) is 2.20. The third kappa shape index (κ3) is 3.21. The van der Waals surface area contributed by atoms with Crippen LogP contribution in [0.4, 0.5) is 4.39 Å². The first kappa shape index (κ1) is 14.2. The lowest BCUT2D eigenvalue weighted by molar-refractivity contribution is 0.0896. The van der Waals surface area contributed by atoms with Gasteiger partial charge in [0.05, 0.1) is 12.2 Å². The Bertz CT molecular complexity index is 598. The third-order valence-electron chi connectivity index (χ3n) is 2.68. The summed E-state index contributed by atoms with van der Waals surface area (Å²) in [6, 6.07) is 7.40. The molecule has 1 aromatic carbocycles. The molecule has 0 spiro atoms. The minimum atomic E-state index is -0.427. The smallest absolute Gasteiger partial charge is 0.273 e. The lowest BCUT2D eigenvalue weighted by Crippen LogP contribution is -2.35. The SMILES string of the molecule is COC[C@H](C)NC(=O)c1cc(-c2ccccc2F)on1. The molecule has 0 saturated heterocycles. The van der Waals surface area contributed by atoms with E-state index in [0.29, 0.717) is 6.61 Å². The number of halogens is 1. The number of ether oxygens (including phenoxy) is 1. The first-order valence-electron chi connectivity index (χ1n) is 6.13. The van der Waals surface area contributed by atoms with Crippen LogP contribution in [0.3, 0.4) is 0 Å². The zero-order valence-corrected chi connectivity index (χ0v) is 11.2. The zero-order valence-electron chi connectivity index (χ0n) is 11.2. The summed E-state index contributed by atoms with van der Waals surface area (Å²) in [5.41, 5.74) is 0.371. The molecule has 0 aliphatic rings. The Kier molecular flexibility index (Phi) is 4.47. The van der Waals surface area contributed by atoms with Crippen molar-refractivity contribution >= 4 is 5.91 Å². The third-order valence-corrected chi connectivity index (χ3v) is 2.68. The maximum absolute atomic E-state index is 13.6. The van der Waals surface area contributed by atoms with E-state index in [9.17, 15) is 9.18 Å². The number of nitrogens with one attached hydrogen (secondary N) is 1. The van der Waals surface area contributed by atoms with Crippen molar-refractivity contribution in [3.63, 3.8) is 0 Å². The predicted molar refractivity (Wildman–Crippen MR) is 70.7 cm³/mol. The Morgan fingerprint density at radius 2 is 2.25 bits per heavy atom. The van der Waals surface area contributed by atoms with Gasteiger partial charge in [-0.2, -0.15) is 0 Å². The van der Waals surface area contributed by atoms with E-state index in [4.69, 9.17) is 9.26 Å². The van der Waals surface area contributed by atoms with Crippen molar-refractivity contribution in [2.75, 3.05) is 13.7 Å². The maximum atomic E-state index is 13.6. The summed E-state index contributed by atoms with van der Waals surface area (Å²) in [5.74, 6) is -0.600. The number of nitrogens with zero attached hydrogens (tertiary/aromatic N) is 1. The van der Waals surface area contributed by atoms with Gasteiger partial charge in [0.1, 0.15) is 5.82 Å². The average molecular weight is 278 g/mol. The molecule has 0 aliphatic carbocycles. The summed E-state index contributed by atoms with van der Waals surface area (Å²) in [4.78, 5) is 11.9. The van der Waals surface area contributed by atoms with Crippen LogP contribution < -0.4 is 5.32 Å². The average Bonchev–Trinajstić information content (AvgIpc) is 2.89. The molecule has 20 heavy (non-hydrogen) atoms. The predicted octanol–water partition coefficient (Wildman–Crippen LogP) is 2.25. The van der Waals surface area contributed by atoms with Crippen LogP contribution in [0, 0.1) is 5.82 Å². The van der Waals surface area contributed by atoms with E-state index in [0.717, 1.165) is 0 Å². The van der Waals surface area contributed by atoms with E-state index in [1.165, 1.54) is 12.1 Å². The van der Waals surface area contributed by atoms with Gasteiger partial charge in [0.25, 0.3) is 5.91 Å². The van der Waals surface area contributed by atoms with Crippen molar-refractivity contribution in [1.29, 1.82) is 0 Å². The molecule has 0 bridgehead atoms. The Labute approximate surface area is 115 Å². The molecule has 0 radical (unpaired) electrons. The van der Waals surface area contributed by atoms with Gasteiger partial charge in [-0.15, -0.1) is 0 Å². The van der Waals surface area contributed by atoms with Crippen LogP contribution in [0.25, 0.3) is 11.3 Å². The maximum Gasteiger partial charge on any atom is 0.273 e. The second-order valence-corrected chi connectivity index (χ2v) is 4.39. The van der Waals surface area contributed by atoms with Crippen LogP contribution in [0.5, 0.6) is 0 Å². The van der Waals surface area contributed by atoms with Gasteiger partial charge in [0, 0.05) is 19.2 Å². The lowest BCUT2D eigenvalue weighted by atomic mass is 10.1. The monoisotopic (exact) mass is 278 g/mol. The summed E-state index contributed by atoms with van der Waals surface area (Å²) in [7, 11) is 1.55. The second kappa shape index (κ2) is 6.29. The van der Waals surface area contributed by atoms with Crippen LogP contribution in [0.1, 0.15) is 17.4 Å². The molecular weight excluding hydrogens is 263 g/mol. The van der Waals surface area contributed by atoms with Gasteiger partial charge in [-0.3, -0.25) is 4.79 Å². The largest absolute Gasteiger partial charge is 0.383 e. The summed E-state index contributed by atoms with van der Waals surface area (Å²) in [6.07, 6.45) is 0. The van der Waals surface area contributed by atoms with Crippen LogP contribution in [-0.4, -0.2) is 30.8 Å². The Balaban J connectivity index is 2.13. The highest BCUT2D eigenvalue weighted by atomic mass is 19.1. The molecule has 1 aromatic heterocycles. The Morgan fingerprint density at radius 1 is 1.50 bits per heavy atom.